The summed E-state index contributed by atoms with van der Waals surface area (Å²) in [5.41, 5.74) is 1.57. The van der Waals surface area contributed by atoms with Crippen LogP contribution >= 0.6 is 15.9 Å². The Morgan fingerprint density at radius 1 is 1.09 bits per heavy atom. The molecule has 2 aromatic carbocycles. The number of amides is 2. The van der Waals surface area contributed by atoms with Crippen LogP contribution in [0.1, 0.15) is 23.7 Å². The topological polar surface area (TPSA) is 78.4 Å². The van der Waals surface area contributed by atoms with E-state index < -0.39 is 12.0 Å². The van der Waals surface area contributed by atoms with Crippen LogP contribution in [-0.4, -0.2) is 23.0 Å². The first-order chi connectivity index (χ1) is 11.0. The van der Waals surface area contributed by atoms with Gasteiger partial charge in [-0.05, 0) is 52.7 Å². The molecule has 0 radical (unpaired) electrons. The van der Waals surface area contributed by atoms with Crippen molar-refractivity contribution in [3.8, 4) is 0 Å². The molecule has 5 nitrogen and oxygen atoms in total. The van der Waals surface area contributed by atoms with E-state index in [1.165, 1.54) is 0 Å². The number of carbonyl (C=O) groups is 2. The Kier molecular flexibility index (Phi) is 5.90. The first-order valence-electron chi connectivity index (χ1n) is 7.16. The smallest absolute Gasteiger partial charge is 0.256 e. The van der Waals surface area contributed by atoms with Crippen molar-refractivity contribution >= 4 is 39.1 Å². The quantitative estimate of drug-likeness (QED) is 0.747. The molecule has 0 aromatic heterocycles. The highest BCUT2D eigenvalue weighted by Crippen LogP contribution is 2.20. The molecule has 2 aromatic rings. The van der Waals surface area contributed by atoms with E-state index in [4.69, 9.17) is 0 Å². The first-order valence-corrected chi connectivity index (χ1v) is 7.95. The molecule has 2 rings (SSSR count). The predicted molar refractivity (Wildman–Crippen MR) is 93.5 cm³/mol. The average molecular weight is 377 g/mol. The van der Waals surface area contributed by atoms with Crippen molar-refractivity contribution in [3.63, 3.8) is 0 Å². The second-order valence-electron chi connectivity index (χ2n) is 4.93. The lowest BCUT2D eigenvalue weighted by Gasteiger charge is -2.11. The van der Waals surface area contributed by atoms with Crippen LogP contribution in [0.5, 0.6) is 0 Å². The molecule has 3 N–H and O–H groups in total. The van der Waals surface area contributed by atoms with Crippen molar-refractivity contribution in [1.29, 1.82) is 0 Å². The lowest BCUT2D eigenvalue weighted by atomic mass is 10.2. The molecule has 2 amide bonds. The second-order valence-corrected chi connectivity index (χ2v) is 5.78. The number of rotatable bonds is 5. The van der Waals surface area contributed by atoms with Gasteiger partial charge in [0.2, 0.25) is 0 Å². The minimum absolute atomic E-state index is 0.255. The van der Waals surface area contributed by atoms with Gasteiger partial charge in [-0.3, -0.25) is 9.59 Å². The summed E-state index contributed by atoms with van der Waals surface area (Å²) >= 11 is 3.34. The fourth-order valence-electron chi connectivity index (χ4n) is 1.93. The molecule has 0 aliphatic heterocycles. The Balaban J connectivity index is 2.10. The Bertz CT molecular complexity index is 718. The molecule has 23 heavy (non-hydrogen) atoms. The van der Waals surface area contributed by atoms with E-state index in [9.17, 15) is 14.7 Å². The van der Waals surface area contributed by atoms with Gasteiger partial charge >= 0.3 is 0 Å². The zero-order valence-electron chi connectivity index (χ0n) is 12.5. The maximum Gasteiger partial charge on any atom is 0.256 e. The monoisotopic (exact) mass is 376 g/mol. The molecule has 0 heterocycles. The summed E-state index contributed by atoms with van der Waals surface area (Å²) < 4.78 is 0.702. The van der Waals surface area contributed by atoms with E-state index in [0.717, 1.165) is 0 Å². The summed E-state index contributed by atoms with van der Waals surface area (Å²) in [7, 11) is 0. The number of aliphatic hydroxyl groups excluding tert-OH is 1. The van der Waals surface area contributed by atoms with Crippen LogP contribution in [0.2, 0.25) is 0 Å². The highest BCUT2D eigenvalue weighted by Gasteiger charge is 2.13. The van der Waals surface area contributed by atoms with Crippen molar-refractivity contribution in [3.05, 3.63) is 58.6 Å². The molecule has 0 saturated carbocycles. The lowest BCUT2D eigenvalue weighted by Crippen LogP contribution is -2.26. The number of hydrogen-bond acceptors (Lipinski definition) is 3. The molecular weight excluding hydrogens is 360 g/mol. The van der Waals surface area contributed by atoms with Gasteiger partial charge in [-0.15, -0.1) is 0 Å². The third kappa shape index (κ3) is 4.64. The minimum atomic E-state index is -1.05. The SMILES string of the molecule is CCC(O)C(=O)Nc1cccc(NC(=O)c2ccccc2Br)c1. The molecule has 0 saturated heterocycles. The van der Waals surface area contributed by atoms with Gasteiger partial charge in [0.05, 0.1) is 5.56 Å². The molecule has 120 valence electrons. The molecule has 0 aliphatic carbocycles. The second kappa shape index (κ2) is 7.89. The number of aliphatic hydroxyl groups is 1. The molecule has 1 atom stereocenters. The highest BCUT2D eigenvalue weighted by atomic mass is 79.9. The van der Waals surface area contributed by atoms with Gasteiger partial charge in [-0.1, -0.05) is 25.1 Å². The standard InChI is InChI=1S/C17H17BrN2O3/c1-2-15(21)17(23)20-12-7-5-6-11(10-12)19-16(22)13-8-3-4-9-14(13)18/h3-10,15,21H,2H2,1H3,(H,19,22)(H,20,23). The fraction of sp³-hybridized carbons (Fsp3) is 0.176. The molecule has 1 unspecified atom stereocenters. The highest BCUT2D eigenvalue weighted by molar-refractivity contribution is 9.10. The van der Waals surface area contributed by atoms with Crippen LogP contribution in [0.25, 0.3) is 0 Å². The summed E-state index contributed by atoms with van der Waals surface area (Å²) in [5.74, 6) is -0.726. The number of hydrogen-bond donors (Lipinski definition) is 3. The number of nitrogens with one attached hydrogen (secondary N) is 2. The average Bonchev–Trinajstić information content (AvgIpc) is 2.54. The van der Waals surface area contributed by atoms with Crippen molar-refractivity contribution in [2.24, 2.45) is 0 Å². The summed E-state index contributed by atoms with van der Waals surface area (Å²) in [4.78, 5) is 23.9. The number of carbonyl (C=O) groups excluding carboxylic acids is 2. The zero-order chi connectivity index (χ0) is 16.8. The maximum absolute atomic E-state index is 12.3. The van der Waals surface area contributed by atoms with E-state index in [0.29, 0.717) is 27.8 Å². The molecular formula is C17H17BrN2O3. The summed E-state index contributed by atoms with van der Waals surface area (Å²) in [6, 6.07) is 13.9. The Hall–Kier alpha value is -2.18. The van der Waals surface area contributed by atoms with Crippen LogP contribution < -0.4 is 10.6 Å². The Morgan fingerprint density at radius 2 is 1.74 bits per heavy atom. The number of halogens is 1. The van der Waals surface area contributed by atoms with Gasteiger partial charge in [-0.25, -0.2) is 0 Å². The Labute approximate surface area is 142 Å². The van der Waals surface area contributed by atoms with Crippen LogP contribution in [0.15, 0.2) is 53.0 Å². The summed E-state index contributed by atoms with van der Waals surface area (Å²) in [5, 5.41) is 14.9. The summed E-state index contributed by atoms with van der Waals surface area (Å²) in [6.45, 7) is 1.72. The minimum Gasteiger partial charge on any atom is -0.383 e. The number of anilines is 2. The van der Waals surface area contributed by atoms with Crippen molar-refractivity contribution in [1.82, 2.24) is 0 Å². The number of benzene rings is 2. The van der Waals surface area contributed by atoms with E-state index >= 15 is 0 Å². The van der Waals surface area contributed by atoms with Crippen LogP contribution in [0, 0.1) is 0 Å². The Morgan fingerprint density at radius 3 is 2.39 bits per heavy atom. The van der Waals surface area contributed by atoms with E-state index in [1.54, 1.807) is 49.4 Å². The van der Waals surface area contributed by atoms with E-state index in [1.807, 2.05) is 6.07 Å². The van der Waals surface area contributed by atoms with E-state index in [2.05, 4.69) is 26.6 Å². The molecule has 0 aliphatic rings. The maximum atomic E-state index is 12.3. The van der Waals surface area contributed by atoms with Gasteiger partial charge in [0, 0.05) is 15.8 Å². The predicted octanol–water partition coefficient (Wildman–Crippen LogP) is 3.41. The lowest BCUT2D eigenvalue weighted by molar-refractivity contribution is -0.124. The molecule has 0 spiro atoms. The first kappa shape index (κ1) is 17.2. The summed E-state index contributed by atoms with van der Waals surface area (Å²) in [6.07, 6.45) is -0.710. The molecule has 6 heteroatoms. The third-order valence-corrected chi connectivity index (χ3v) is 3.89. The van der Waals surface area contributed by atoms with Crippen LogP contribution in [0.3, 0.4) is 0 Å². The van der Waals surface area contributed by atoms with Gasteiger partial charge in [-0.2, -0.15) is 0 Å². The normalized spacial score (nSPS) is 11.6. The van der Waals surface area contributed by atoms with Crippen molar-refractivity contribution in [2.45, 2.75) is 19.4 Å². The fourth-order valence-corrected chi connectivity index (χ4v) is 2.39. The third-order valence-electron chi connectivity index (χ3n) is 3.20. The van der Waals surface area contributed by atoms with Crippen LogP contribution in [0.4, 0.5) is 11.4 Å². The van der Waals surface area contributed by atoms with Crippen LogP contribution in [-0.2, 0) is 4.79 Å². The van der Waals surface area contributed by atoms with Gasteiger partial charge in [0.1, 0.15) is 6.10 Å². The largest absolute Gasteiger partial charge is 0.383 e. The van der Waals surface area contributed by atoms with Crippen molar-refractivity contribution in [2.75, 3.05) is 10.6 Å². The molecule has 0 fully saturated rings. The van der Waals surface area contributed by atoms with Gasteiger partial charge < -0.3 is 15.7 Å². The zero-order valence-corrected chi connectivity index (χ0v) is 14.1. The van der Waals surface area contributed by atoms with E-state index in [-0.39, 0.29) is 5.91 Å². The van der Waals surface area contributed by atoms with Crippen molar-refractivity contribution < 1.29 is 14.7 Å². The van der Waals surface area contributed by atoms with Gasteiger partial charge in [0.25, 0.3) is 11.8 Å². The van der Waals surface area contributed by atoms with Gasteiger partial charge in [0.15, 0.2) is 0 Å². The molecule has 0 bridgehead atoms.